The summed E-state index contributed by atoms with van der Waals surface area (Å²) in [5, 5.41) is 0.678. The molecule has 2 bridgehead atoms. The van der Waals surface area contributed by atoms with Crippen LogP contribution in [0.1, 0.15) is 40.5 Å². The number of hydroxylamine groups is 2. The Morgan fingerprint density at radius 2 is 1.93 bits per heavy atom. The molecule has 2 fully saturated rings. The number of carbonyl (C=O) groups is 3. The molecule has 154 valence electrons. The van der Waals surface area contributed by atoms with Gasteiger partial charge in [0.25, 0.3) is 0 Å². The van der Waals surface area contributed by atoms with Crippen LogP contribution in [-0.4, -0.2) is 67.6 Å². The van der Waals surface area contributed by atoms with Crippen molar-refractivity contribution in [3.63, 3.8) is 0 Å². The highest BCUT2D eigenvalue weighted by Gasteiger charge is 2.49. The minimum atomic E-state index is -4.62. The van der Waals surface area contributed by atoms with Crippen LogP contribution in [0.3, 0.4) is 0 Å². The van der Waals surface area contributed by atoms with E-state index in [-0.39, 0.29) is 12.6 Å². The minimum absolute atomic E-state index is 0.133. The van der Waals surface area contributed by atoms with Crippen molar-refractivity contribution in [3.8, 4) is 0 Å². The maximum absolute atomic E-state index is 12.3. The van der Waals surface area contributed by atoms with E-state index in [1.165, 1.54) is 18.7 Å². The molecule has 0 aromatic heterocycles. The lowest BCUT2D eigenvalue weighted by Gasteiger charge is -2.27. The first-order valence-corrected chi connectivity index (χ1v) is 9.86. The van der Waals surface area contributed by atoms with Crippen molar-refractivity contribution in [2.24, 2.45) is 11.1 Å². The molecule has 0 radical (unpaired) electrons. The van der Waals surface area contributed by atoms with Crippen LogP contribution in [0.25, 0.3) is 0 Å². The highest BCUT2D eigenvalue weighted by molar-refractivity contribution is 7.81. The van der Waals surface area contributed by atoms with Gasteiger partial charge in [0.15, 0.2) is 0 Å². The Labute approximate surface area is 158 Å². The number of hydrogen-bond donors (Lipinski definition) is 1. The van der Waals surface area contributed by atoms with Crippen LogP contribution in [0.15, 0.2) is 0 Å². The smallest absolute Gasteiger partial charge is 0.421 e. The van der Waals surface area contributed by atoms with E-state index >= 15 is 0 Å². The third-order valence-corrected chi connectivity index (χ3v) is 5.03. The van der Waals surface area contributed by atoms with Gasteiger partial charge in [0, 0.05) is 6.54 Å². The van der Waals surface area contributed by atoms with Crippen LogP contribution in [0, 0.1) is 5.41 Å². The van der Waals surface area contributed by atoms with Crippen LogP contribution in [0.4, 0.5) is 4.79 Å². The summed E-state index contributed by atoms with van der Waals surface area (Å²) < 4.78 is 38.9. The average Bonchev–Trinajstić information content (AvgIpc) is 2.77. The maximum Gasteiger partial charge on any atom is 0.421 e. The number of piperidine rings is 1. The summed E-state index contributed by atoms with van der Waals surface area (Å²) in [7, 11) is -4.62. The molecule has 27 heavy (non-hydrogen) atoms. The second kappa shape index (κ2) is 7.60. The summed E-state index contributed by atoms with van der Waals surface area (Å²) >= 11 is 0. The molecule has 0 aromatic rings. The van der Waals surface area contributed by atoms with E-state index in [0.717, 1.165) is 0 Å². The Bertz CT molecular complexity index is 721. The number of hydrogen-bond acceptors (Lipinski definition) is 8. The van der Waals surface area contributed by atoms with Crippen molar-refractivity contribution in [2.75, 3.05) is 13.2 Å². The van der Waals surface area contributed by atoms with Gasteiger partial charge in [-0.15, -0.1) is 4.28 Å². The topological polar surface area (TPSA) is 146 Å². The monoisotopic (exact) mass is 407 g/mol. The number of nitrogens with zero attached hydrogens (tertiary/aromatic N) is 2. The van der Waals surface area contributed by atoms with Crippen molar-refractivity contribution >= 4 is 28.3 Å². The largest absolute Gasteiger partial charge is 0.462 e. The number of esters is 1. The van der Waals surface area contributed by atoms with E-state index in [2.05, 4.69) is 0 Å². The molecule has 11 nitrogen and oxygen atoms in total. The van der Waals surface area contributed by atoms with Crippen LogP contribution in [0.5, 0.6) is 0 Å². The zero-order chi connectivity index (χ0) is 20.6. The van der Waals surface area contributed by atoms with E-state index in [4.69, 9.17) is 18.9 Å². The molecule has 0 aliphatic carbocycles. The maximum atomic E-state index is 12.3. The van der Waals surface area contributed by atoms with E-state index in [9.17, 15) is 22.8 Å². The van der Waals surface area contributed by atoms with Gasteiger partial charge in [0.2, 0.25) is 5.91 Å². The van der Waals surface area contributed by atoms with Gasteiger partial charge in [-0.2, -0.15) is 13.5 Å². The molecule has 12 heteroatoms. The van der Waals surface area contributed by atoms with Crippen molar-refractivity contribution < 1.29 is 36.0 Å². The van der Waals surface area contributed by atoms with Gasteiger partial charge in [0.05, 0.1) is 24.2 Å². The number of nitrogens with two attached hydrogens (primary N) is 1. The van der Waals surface area contributed by atoms with E-state index in [0.29, 0.717) is 17.9 Å². The third kappa shape index (κ3) is 4.87. The minimum Gasteiger partial charge on any atom is -0.462 e. The van der Waals surface area contributed by atoms with Crippen molar-refractivity contribution in [1.82, 2.24) is 9.96 Å². The predicted molar refractivity (Wildman–Crippen MR) is 90.9 cm³/mol. The predicted octanol–water partition coefficient (Wildman–Crippen LogP) is -0.0889. The number of ether oxygens (including phenoxy) is 1. The number of amides is 3. The van der Waals surface area contributed by atoms with Gasteiger partial charge >= 0.3 is 22.4 Å². The highest BCUT2D eigenvalue weighted by atomic mass is 32.3. The number of fused-ring (bicyclic) bond motifs is 2. The molecule has 0 saturated carbocycles. The summed E-state index contributed by atoms with van der Waals surface area (Å²) in [6.07, 6.45) is 0.316. The van der Waals surface area contributed by atoms with Gasteiger partial charge in [-0.3, -0.25) is 9.59 Å². The van der Waals surface area contributed by atoms with Crippen molar-refractivity contribution in [1.29, 1.82) is 0 Å². The third-order valence-electron chi connectivity index (χ3n) is 4.28. The molecule has 3 amide bonds. The van der Waals surface area contributed by atoms with Gasteiger partial charge < -0.3 is 15.4 Å². The van der Waals surface area contributed by atoms with E-state index in [1.54, 1.807) is 13.8 Å². The molecule has 2 aliphatic heterocycles. The molecule has 2 rings (SSSR count). The molecule has 0 unspecified atom stereocenters. The van der Waals surface area contributed by atoms with Crippen LogP contribution >= 0.6 is 0 Å². The van der Waals surface area contributed by atoms with E-state index < -0.39 is 52.4 Å². The molecule has 2 heterocycles. The van der Waals surface area contributed by atoms with Gasteiger partial charge in [-0.05, 0) is 40.5 Å². The normalized spacial score (nSPS) is 23.1. The summed E-state index contributed by atoms with van der Waals surface area (Å²) in [6, 6.07) is -2.10. The molecule has 2 atom stereocenters. The average molecular weight is 407 g/mol. The van der Waals surface area contributed by atoms with E-state index in [1.807, 2.05) is 0 Å². The Morgan fingerprint density at radius 3 is 2.48 bits per heavy atom. The quantitative estimate of drug-likeness (QED) is 0.549. The van der Waals surface area contributed by atoms with Gasteiger partial charge in [-0.25, -0.2) is 8.98 Å². The molecule has 0 spiro atoms. The lowest BCUT2D eigenvalue weighted by atomic mass is 9.95. The fourth-order valence-corrected chi connectivity index (χ4v) is 3.66. The Hall–Kier alpha value is -1.92. The first-order valence-electron chi connectivity index (χ1n) is 8.53. The Kier molecular flexibility index (Phi) is 6.02. The van der Waals surface area contributed by atoms with Crippen LogP contribution in [0.2, 0.25) is 0 Å². The van der Waals surface area contributed by atoms with Crippen molar-refractivity contribution in [3.05, 3.63) is 0 Å². The number of primary amides is 1. The standard InChI is InChI=1S/C15H25N3O8S/c1-9(2)25-13(20)15(3,4)8-24-27(22,23)26-18-10-5-6-11(12(16)19)17(7-10)14(18)21/h9-11H,5-8H2,1-4H3,(H2,16,19)/t10-,11+/m1/s1. The molecule has 2 N–H and O–H groups in total. The molecule has 2 saturated heterocycles. The second-order valence-electron chi connectivity index (χ2n) is 7.49. The fraction of sp³-hybridized carbons (Fsp3) is 0.800. The molecule has 2 aliphatic rings. The lowest BCUT2D eigenvalue weighted by molar-refractivity contribution is -0.159. The number of urea groups is 1. The van der Waals surface area contributed by atoms with Gasteiger partial charge in [0.1, 0.15) is 6.04 Å². The summed E-state index contributed by atoms with van der Waals surface area (Å²) in [5.41, 5.74) is 4.02. The molecular formula is C15H25N3O8S. The Morgan fingerprint density at radius 1 is 1.30 bits per heavy atom. The van der Waals surface area contributed by atoms with Crippen LogP contribution in [-0.2, 0) is 33.2 Å². The Balaban J connectivity index is 2.00. The summed E-state index contributed by atoms with van der Waals surface area (Å²) in [4.78, 5) is 36.9. The number of rotatable bonds is 8. The summed E-state index contributed by atoms with van der Waals surface area (Å²) in [5.74, 6) is -1.29. The first-order chi connectivity index (χ1) is 12.3. The highest BCUT2D eigenvalue weighted by Crippen LogP contribution is 2.31. The first kappa shape index (κ1) is 21.4. The van der Waals surface area contributed by atoms with Crippen LogP contribution < -0.4 is 5.73 Å². The van der Waals surface area contributed by atoms with Gasteiger partial charge in [-0.1, -0.05) is 0 Å². The second-order valence-corrected chi connectivity index (χ2v) is 8.69. The zero-order valence-electron chi connectivity index (χ0n) is 15.7. The fourth-order valence-electron chi connectivity index (χ4n) is 2.80. The lowest BCUT2D eigenvalue weighted by Crippen LogP contribution is -2.47. The number of carbonyl (C=O) groups excluding carboxylic acids is 3. The zero-order valence-corrected chi connectivity index (χ0v) is 16.5. The van der Waals surface area contributed by atoms with Crippen molar-refractivity contribution in [2.45, 2.75) is 58.7 Å². The molecule has 0 aromatic carbocycles. The SMILES string of the molecule is CC(C)OC(=O)C(C)(C)COS(=O)(=O)ON1C(=O)N2C[C@H]1CC[C@H]2C(N)=O. The summed E-state index contributed by atoms with van der Waals surface area (Å²) in [6.45, 7) is 5.87. The molecular weight excluding hydrogens is 382 g/mol.